The number of hydrogen-bond donors (Lipinski definition) is 0. The van der Waals surface area contributed by atoms with E-state index in [0.29, 0.717) is 0 Å². The van der Waals surface area contributed by atoms with Gasteiger partial charge in [0.1, 0.15) is 0 Å². The molecule has 0 aromatic carbocycles. The van der Waals surface area contributed by atoms with Crippen LogP contribution in [0.25, 0.3) is 0 Å². The Bertz CT molecular complexity index is 102. The zero-order valence-electron chi connectivity index (χ0n) is 4.73. The fourth-order valence-corrected chi connectivity index (χ4v) is 0.574. The highest BCUT2D eigenvalue weighted by Crippen LogP contribution is 2.22. The fraction of sp³-hybridized carbons (Fsp3) is 0.429. The minimum Gasteiger partial charge on any atom is -0.0745 e. The van der Waals surface area contributed by atoms with Gasteiger partial charge in [0.15, 0.2) is 0 Å². The molecule has 0 heterocycles. The van der Waals surface area contributed by atoms with Gasteiger partial charge in [-0.25, -0.2) is 0 Å². The first-order valence-electron chi connectivity index (χ1n) is 2.49. The standard InChI is InChI=1S/C7H9/c1-7(2)5-3-4-6-7/h3,5-6H,1-2H3. The Labute approximate surface area is 44.5 Å². The number of rotatable bonds is 0. The molecule has 0 fully saturated rings. The van der Waals surface area contributed by atoms with E-state index < -0.39 is 0 Å². The van der Waals surface area contributed by atoms with Gasteiger partial charge < -0.3 is 0 Å². The van der Waals surface area contributed by atoms with E-state index in [9.17, 15) is 0 Å². The number of hydrogen-bond acceptors (Lipinski definition) is 0. The summed E-state index contributed by atoms with van der Waals surface area (Å²) in [5.74, 6) is 0. The highest BCUT2D eigenvalue weighted by molar-refractivity contribution is 5.17. The lowest BCUT2D eigenvalue weighted by Gasteiger charge is -2.07. The molecule has 1 aliphatic carbocycles. The molecule has 0 saturated heterocycles. The van der Waals surface area contributed by atoms with Crippen LogP contribution in [-0.2, 0) is 0 Å². The van der Waals surface area contributed by atoms with E-state index in [-0.39, 0.29) is 5.41 Å². The van der Waals surface area contributed by atoms with Crippen molar-refractivity contribution in [2.75, 3.05) is 0 Å². The summed E-state index contributed by atoms with van der Waals surface area (Å²) in [6.45, 7) is 4.31. The van der Waals surface area contributed by atoms with Crippen LogP contribution < -0.4 is 0 Å². The summed E-state index contributed by atoms with van der Waals surface area (Å²) in [4.78, 5) is 0. The highest BCUT2D eigenvalue weighted by Gasteiger charge is 2.10. The molecular weight excluding hydrogens is 84.1 g/mol. The zero-order valence-corrected chi connectivity index (χ0v) is 4.73. The number of allylic oxidation sites excluding steroid dienone is 4. The molecule has 0 nitrogen and oxygen atoms in total. The van der Waals surface area contributed by atoms with Gasteiger partial charge in [-0.2, -0.15) is 0 Å². The van der Waals surface area contributed by atoms with Crippen molar-refractivity contribution in [3.05, 3.63) is 24.3 Å². The predicted octanol–water partition coefficient (Wildman–Crippen LogP) is 1.94. The van der Waals surface area contributed by atoms with Crippen molar-refractivity contribution in [3.63, 3.8) is 0 Å². The maximum Gasteiger partial charge on any atom is 0.00169 e. The van der Waals surface area contributed by atoms with Crippen molar-refractivity contribution in [2.24, 2.45) is 5.41 Å². The third-order valence-corrected chi connectivity index (χ3v) is 1.06. The molecule has 0 spiro atoms. The van der Waals surface area contributed by atoms with Crippen LogP contribution in [0.1, 0.15) is 13.8 Å². The van der Waals surface area contributed by atoms with Gasteiger partial charge >= 0.3 is 0 Å². The van der Waals surface area contributed by atoms with Crippen molar-refractivity contribution in [1.29, 1.82) is 0 Å². The Balaban J connectivity index is 2.77. The average molecular weight is 93.1 g/mol. The molecule has 1 radical (unpaired) electrons. The lowest BCUT2D eigenvalue weighted by Crippen LogP contribution is -1.97. The third-order valence-electron chi connectivity index (χ3n) is 1.06. The summed E-state index contributed by atoms with van der Waals surface area (Å²) in [6, 6.07) is 0. The lowest BCUT2D eigenvalue weighted by atomic mass is 9.97. The quantitative estimate of drug-likeness (QED) is 0.429. The van der Waals surface area contributed by atoms with E-state index in [1.165, 1.54) is 0 Å². The van der Waals surface area contributed by atoms with Crippen molar-refractivity contribution < 1.29 is 0 Å². The molecule has 0 N–H and O–H groups in total. The molecule has 0 aliphatic heterocycles. The summed E-state index contributed by atoms with van der Waals surface area (Å²) in [7, 11) is 0. The van der Waals surface area contributed by atoms with E-state index >= 15 is 0 Å². The Kier molecular flexibility index (Phi) is 0.810. The summed E-state index contributed by atoms with van der Waals surface area (Å²) in [5.41, 5.74) is 0.278. The molecule has 7 heavy (non-hydrogen) atoms. The molecule has 0 atom stereocenters. The monoisotopic (exact) mass is 93.1 g/mol. The van der Waals surface area contributed by atoms with Crippen LogP contribution in [0.3, 0.4) is 0 Å². The minimum atomic E-state index is 0.278. The molecule has 37 valence electrons. The van der Waals surface area contributed by atoms with E-state index in [1.54, 1.807) is 0 Å². The average Bonchev–Trinajstić information content (AvgIpc) is 1.84. The second kappa shape index (κ2) is 1.22. The zero-order chi connectivity index (χ0) is 5.33. The Morgan fingerprint density at radius 1 is 1.43 bits per heavy atom. The van der Waals surface area contributed by atoms with Crippen molar-refractivity contribution in [2.45, 2.75) is 13.8 Å². The summed E-state index contributed by atoms with van der Waals surface area (Å²) in [5, 5.41) is 0. The van der Waals surface area contributed by atoms with Gasteiger partial charge in [-0.05, 0) is 6.08 Å². The lowest BCUT2D eigenvalue weighted by molar-refractivity contribution is 0.635. The summed E-state index contributed by atoms with van der Waals surface area (Å²) < 4.78 is 0. The largest absolute Gasteiger partial charge is 0.0745 e. The first-order valence-corrected chi connectivity index (χ1v) is 2.49. The van der Waals surface area contributed by atoms with Crippen LogP contribution in [0.15, 0.2) is 18.2 Å². The normalized spacial score (nSPS) is 23.7. The maximum atomic E-state index is 3.01. The molecule has 1 aliphatic rings. The highest BCUT2D eigenvalue weighted by atomic mass is 14.1. The Morgan fingerprint density at radius 2 is 2.14 bits per heavy atom. The van der Waals surface area contributed by atoms with Gasteiger partial charge in [0.05, 0.1) is 0 Å². The van der Waals surface area contributed by atoms with Crippen LogP contribution >= 0.6 is 0 Å². The molecule has 0 heteroatoms. The smallest absolute Gasteiger partial charge is 0.00169 e. The van der Waals surface area contributed by atoms with Gasteiger partial charge in [0, 0.05) is 5.41 Å². The van der Waals surface area contributed by atoms with Crippen LogP contribution in [0.2, 0.25) is 0 Å². The van der Waals surface area contributed by atoms with E-state index in [1.807, 2.05) is 6.08 Å². The molecule has 0 unspecified atom stereocenters. The van der Waals surface area contributed by atoms with Crippen LogP contribution in [0.4, 0.5) is 0 Å². The van der Waals surface area contributed by atoms with E-state index in [2.05, 4.69) is 32.1 Å². The topological polar surface area (TPSA) is 0 Å². The summed E-state index contributed by atoms with van der Waals surface area (Å²) in [6.07, 6.45) is 9.16. The SMILES string of the molecule is CC1(C)C=[C]C=C1. The molecule has 1 rings (SSSR count). The second-order valence-corrected chi connectivity index (χ2v) is 2.47. The minimum absolute atomic E-state index is 0.278. The molecule has 0 aromatic rings. The Hall–Kier alpha value is -0.520. The van der Waals surface area contributed by atoms with Crippen molar-refractivity contribution in [3.8, 4) is 0 Å². The van der Waals surface area contributed by atoms with E-state index in [0.717, 1.165) is 0 Å². The molecule has 0 bridgehead atoms. The van der Waals surface area contributed by atoms with Crippen LogP contribution in [-0.4, -0.2) is 0 Å². The van der Waals surface area contributed by atoms with Crippen molar-refractivity contribution in [1.82, 2.24) is 0 Å². The maximum absolute atomic E-state index is 3.01. The first kappa shape index (κ1) is 4.63. The predicted molar refractivity (Wildman–Crippen MR) is 30.7 cm³/mol. The van der Waals surface area contributed by atoms with E-state index in [4.69, 9.17) is 0 Å². The molecule has 0 saturated carbocycles. The summed E-state index contributed by atoms with van der Waals surface area (Å²) >= 11 is 0. The molecule has 0 amide bonds. The van der Waals surface area contributed by atoms with Crippen LogP contribution in [0, 0.1) is 11.5 Å². The fourth-order valence-electron chi connectivity index (χ4n) is 0.574. The van der Waals surface area contributed by atoms with Gasteiger partial charge in [0.2, 0.25) is 0 Å². The van der Waals surface area contributed by atoms with Crippen molar-refractivity contribution >= 4 is 0 Å². The van der Waals surface area contributed by atoms with Gasteiger partial charge in [-0.1, -0.05) is 32.1 Å². The van der Waals surface area contributed by atoms with Gasteiger partial charge in [-0.3, -0.25) is 0 Å². The Morgan fingerprint density at radius 3 is 2.29 bits per heavy atom. The molecule has 0 aromatic heterocycles. The molecular formula is C7H9. The van der Waals surface area contributed by atoms with Gasteiger partial charge in [-0.15, -0.1) is 0 Å². The second-order valence-electron chi connectivity index (χ2n) is 2.47. The van der Waals surface area contributed by atoms with Crippen LogP contribution in [0.5, 0.6) is 0 Å². The first-order chi connectivity index (χ1) is 3.21. The van der Waals surface area contributed by atoms with Gasteiger partial charge in [0.25, 0.3) is 0 Å². The third kappa shape index (κ3) is 0.923.